The molecule has 2 aliphatic rings. The molecule has 0 aromatic heterocycles. The van der Waals surface area contributed by atoms with Crippen molar-refractivity contribution in [3.8, 4) is 0 Å². The standard InChI is InChI=1S/C20H16F2N/c21-16-10-11-20(18(22)14-16)23-12-4-8-17(19(23)9-5-13-23)15-6-2-1-3-7-15/h1-3,5-11,13-14H,4,12H2/q+1. The first-order valence-electron chi connectivity index (χ1n) is 7.70. The predicted octanol–water partition coefficient (Wildman–Crippen LogP) is 5.17. The molecule has 2 aromatic carbocycles. The van der Waals surface area contributed by atoms with Crippen molar-refractivity contribution >= 4 is 11.3 Å². The number of quaternary nitrogens is 1. The fourth-order valence-electron chi connectivity index (χ4n) is 3.53. The second kappa shape index (κ2) is 5.28. The number of nitrogens with zero attached hydrogens (tertiary/aromatic N) is 1. The van der Waals surface area contributed by atoms with E-state index in [0.717, 1.165) is 35.9 Å². The SMILES string of the molecule is Fc1ccc([N+]23C=CC=C2C(c2ccccc2)=CCC3)c(F)c1. The molecule has 1 atom stereocenters. The number of benzene rings is 2. The van der Waals surface area contributed by atoms with Crippen LogP contribution in [0.4, 0.5) is 14.5 Å². The van der Waals surface area contributed by atoms with Gasteiger partial charge < -0.3 is 0 Å². The average Bonchev–Trinajstić information content (AvgIpc) is 3.00. The molecule has 0 radical (unpaired) electrons. The molecule has 2 aliphatic heterocycles. The van der Waals surface area contributed by atoms with Crippen LogP contribution in [0.3, 0.4) is 0 Å². The summed E-state index contributed by atoms with van der Waals surface area (Å²) in [5, 5.41) is 0. The number of halogens is 2. The summed E-state index contributed by atoms with van der Waals surface area (Å²) in [7, 11) is 0. The van der Waals surface area contributed by atoms with Gasteiger partial charge in [0.15, 0.2) is 11.5 Å². The zero-order valence-corrected chi connectivity index (χ0v) is 12.5. The molecular weight excluding hydrogens is 292 g/mol. The van der Waals surface area contributed by atoms with Crippen molar-refractivity contribution in [3.05, 3.63) is 95.9 Å². The molecule has 0 saturated carbocycles. The van der Waals surface area contributed by atoms with Crippen molar-refractivity contribution in [2.45, 2.75) is 6.42 Å². The summed E-state index contributed by atoms with van der Waals surface area (Å²) in [5.74, 6) is -1.05. The molecular formula is C20H16F2N+. The van der Waals surface area contributed by atoms with E-state index in [9.17, 15) is 8.78 Å². The topological polar surface area (TPSA) is 0 Å². The molecule has 0 spiro atoms. The molecule has 0 saturated heterocycles. The van der Waals surface area contributed by atoms with Crippen LogP contribution in [-0.2, 0) is 0 Å². The maximum absolute atomic E-state index is 14.5. The van der Waals surface area contributed by atoms with Crippen molar-refractivity contribution in [1.29, 1.82) is 0 Å². The Labute approximate surface area is 134 Å². The van der Waals surface area contributed by atoms with E-state index in [4.69, 9.17) is 0 Å². The summed E-state index contributed by atoms with van der Waals surface area (Å²) in [6, 6.07) is 14.0. The van der Waals surface area contributed by atoms with Crippen LogP contribution >= 0.6 is 0 Å². The summed E-state index contributed by atoms with van der Waals surface area (Å²) >= 11 is 0. The second-order valence-electron chi connectivity index (χ2n) is 5.85. The van der Waals surface area contributed by atoms with Crippen LogP contribution in [0.2, 0.25) is 0 Å². The van der Waals surface area contributed by atoms with Crippen LogP contribution in [0.5, 0.6) is 0 Å². The smallest absolute Gasteiger partial charge is 0.187 e. The van der Waals surface area contributed by atoms with Gasteiger partial charge in [0.2, 0.25) is 0 Å². The fraction of sp³-hybridized carbons (Fsp3) is 0.100. The van der Waals surface area contributed by atoms with E-state index in [1.165, 1.54) is 6.07 Å². The first-order valence-corrected chi connectivity index (χ1v) is 7.70. The number of hydrogen-bond acceptors (Lipinski definition) is 0. The van der Waals surface area contributed by atoms with Gasteiger partial charge in [-0.05, 0) is 17.7 Å². The summed E-state index contributed by atoms with van der Waals surface area (Å²) in [6.07, 6.45) is 9.01. The zero-order valence-electron chi connectivity index (χ0n) is 12.5. The third-order valence-corrected chi connectivity index (χ3v) is 4.56. The number of rotatable bonds is 2. The second-order valence-corrected chi connectivity index (χ2v) is 5.85. The first-order chi connectivity index (χ1) is 11.2. The quantitative estimate of drug-likeness (QED) is 0.671. The van der Waals surface area contributed by atoms with Crippen molar-refractivity contribution in [2.24, 2.45) is 0 Å². The van der Waals surface area contributed by atoms with Crippen LogP contribution in [0.15, 0.2) is 78.7 Å². The molecule has 0 amide bonds. The van der Waals surface area contributed by atoms with Gasteiger partial charge in [0.1, 0.15) is 17.7 Å². The minimum absolute atomic E-state index is 0.312. The van der Waals surface area contributed by atoms with Crippen molar-refractivity contribution in [1.82, 2.24) is 4.48 Å². The fourth-order valence-corrected chi connectivity index (χ4v) is 3.53. The van der Waals surface area contributed by atoms with Gasteiger partial charge >= 0.3 is 0 Å². The molecule has 4 rings (SSSR count). The number of hydrogen-bond donors (Lipinski definition) is 0. The molecule has 23 heavy (non-hydrogen) atoms. The van der Waals surface area contributed by atoms with Gasteiger partial charge in [0, 0.05) is 30.2 Å². The monoisotopic (exact) mass is 308 g/mol. The van der Waals surface area contributed by atoms with E-state index in [1.54, 1.807) is 6.07 Å². The van der Waals surface area contributed by atoms with Gasteiger partial charge in [-0.3, -0.25) is 0 Å². The van der Waals surface area contributed by atoms with Crippen LogP contribution in [-0.4, -0.2) is 6.54 Å². The predicted molar refractivity (Wildman–Crippen MR) is 89.3 cm³/mol. The van der Waals surface area contributed by atoms with Crippen molar-refractivity contribution in [3.63, 3.8) is 0 Å². The molecule has 114 valence electrons. The Morgan fingerprint density at radius 1 is 0.957 bits per heavy atom. The Kier molecular flexibility index (Phi) is 3.24. The Bertz CT molecular complexity index is 849. The summed E-state index contributed by atoms with van der Waals surface area (Å²) in [5.41, 5.74) is 3.76. The first kappa shape index (κ1) is 14.1. The van der Waals surface area contributed by atoms with Crippen LogP contribution in [0.1, 0.15) is 12.0 Å². The molecule has 1 unspecified atom stereocenters. The maximum Gasteiger partial charge on any atom is 0.187 e. The summed E-state index contributed by atoms with van der Waals surface area (Å²) < 4.78 is 28.1. The zero-order chi connectivity index (χ0) is 15.9. The highest BCUT2D eigenvalue weighted by atomic mass is 19.1. The van der Waals surface area contributed by atoms with E-state index in [2.05, 4.69) is 18.2 Å². The van der Waals surface area contributed by atoms with E-state index < -0.39 is 11.6 Å². The number of allylic oxidation sites excluding steroid dienone is 3. The minimum atomic E-state index is -0.547. The molecule has 0 bridgehead atoms. The van der Waals surface area contributed by atoms with Gasteiger partial charge in [-0.15, -0.1) is 0 Å². The van der Waals surface area contributed by atoms with Gasteiger partial charge in [-0.2, -0.15) is 0 Å². The molecule has 2 heterocycles. The largest absolute Gasteiger partial charge is 0.229 e. The Hall–Kier alpha value is -2.52. The average molecular weight is 308 g/mol. The highest BCUT2D eigenvalue weighted by Crippen LogP contribution is 2.44. The highest BCUT2D eigenvalue weighted by molar-refractivity contribution is 5.85. The van der Waals surface area contributed by atoms with Crippen LogP contribution in [0, 0.1) is 11.6 Å². The molecule has 3 heteroatoms. The van der Waals surface area contributed by atoms with E-state index in [-0.39, 0.29) is 0 Å². The summed E-state index contributed by atoms with van der Waals surface area (Å²) in [6.45, 7) is 0.737. The lowest BCUT2D eigenvalue weighted by Crippen LogP contribution is -2.44. The minimum Gasteiger partial charge on any atom is -0.229 e. The van der Waals surface area contributed by atoms with Crippen LogP contribution in [0.25, 0.3) is 5.57 Å². The molecule has 2 aromatic rings. The Morgan fingerprint density at radius 2 is 1.78 bits per heavy atom. The van der Waals surface area contributed by atoms with Crippen molar-refractivity contribution < 1.29 is 8.78 Å². The summed E-state index contributed by atoms with van der Waals surface area (Å²) in [4.78, 5) is 0. The Balaban J connectivity index is 1.86. The van der Waals surface area contributed by atoms with Gasteiger partial charge in [0.05, 0.1) is 6.54 Å². The van der Waals surface area contributed by atoms with E-state index in [0.29, 0.717) is 10.2 Å². The molecule has 0 aliphatic carbocycles. The third kappa shape index (κ3) is 2.16. The lowest BCUT2D eigenvalue weighted by atomic mass is 9.95. The lowest BCUT2D eigenvalue weighted by Gasteiger charge is -2.37. The van der Waals surface area contributed by atoms with E-state index >= 15 is 0 Å². The molecule has 0 fully saturated rings. The molecule has 1 nitrogen and oxygen atoms in total. The number of fused-ring (bicyclic) bond motifs is 1. The molecule has 0 N–H and O–H groups in total. The van der Waals surface area contributed by atoms with Gasteiger partial charge in [0.25, 0.3) is 0 Å². The van der Waals surface area contributed by atoms with E-state index in [1.807, 2.05) is 36.6 Å². The van der Waals surface area contributed by atoms with Gasteiger partial charge in [-0.25, -0.2) is 13.3 Å². The highest BCUT2D eigenvalue weighted by Gasteiger charge is 2.42. The third-order valence-electron chi connectivity index (χ3n) is 4.56. The lowest BCUT2D eigenvalue weighted by molar-refractivity contribution is 0.446. The normalized spacial score (nSPS) is 22.5. The Morgan fingerprint density at radius 3 is 2.57 bits per heavy atom. The van der Waals surface area contributed by atoms with Crippen molar-refractivity contribution in [2.75, 3.05) is 6.54 Å². The van der Waals surface area contributed by atoms with Crippen LogP contribution < -0.4 is 4.48 Å². The van der Waals surface area contributed by atoms with Gasteiger partial charge in [-0.1, -0.05) is 36.4 Å². The maximum atomic E-state index is 14.5.